The average molecular weight is 310 g/mol. The molecule has 1 aliphatic rings. The van der Waals surface area contributed by atoms with Crippen LogP contribution in [-0.2, 0) is 13.0 Å². The van der Waals surface area contributed by atoms with Crippen molar-refractivity contribution in [3.63, 3.8) is 0 Å². The fourth-order valence-electron chi connectivity index (χ4n) is 2.52. The largest absolute Gasteiger partial charge is 0.354 e. The van der Waals surface area contributed by atoms with Crippen LogP contribution >= 0.6 is 11.8 Å². The van der Waals surface area contributed by atoms with Gasteiger partial charge < -0.3 is 14.8 Å². The molecule has 118 valence electrons. The van der Waals surface area contributed by atoms with Crippen LogP contribution in [-0.4, -0.2) is 63.3 Å². The van der Waals surface area contributed by atoms with Crippen LogP contribution in [0.25, 0.3) is 0 Å². The summed E-state index contributed by atoms with van der Waals surface area (Å²) in [5, 5.41) is 12.3. The van der Waals surface area contributed by atoms with Crippen molar-refractivity contribution < 1.29 is 0 Å². The summed E-state index contributed by atoms with van der Waals surface area (Å²) in [5.74, 6) is 3.23. The molecule has 7 heteroatoms. The molecule has 0 amide bonds. The van der Waals surface area contributed by atoms with Crippen molar-refractivity contribution >= 4 is 17.7 Å². The summed E-state index contributed by atoms with van der Waals surface area (Å²) in [5.41, 5.74) is 0. The average Bonchev–Trinajstić information content (AvgIpc) is 2.99. The number of aliphatic imine (C=N–C) groups is 1. The SMILES string of the molecule is CCc1nncn1CCNC(=NC)N1CCSC(CC)C1. The number of hydrogen-bond donors (Lipinski definition) is 1. The van der Waals surface area contributed by atoms with E-state index in [0.717, 1.165) is 49.6 Å². The minimum Gasteiger partial charge on any atom is -0.354 e. The van der Waals surface area contributed by atoms with Crippen molar-refractivity contribution in [2.45, 2.75) is 38.5 Å². The Bertz CT molecular complexity index is 458. The highest BCUT2D eigenvalue weighted by Crippen LogP contribution is 2.20. The van der Waals surface area contributed by atoms with Gasteiger partial charge in [0.15, 0.2) is 5.96 Å². The number of hydrogen-bond acceptors (Lipinski definition) is 4. The Balaban J connectivity index is 1.83. The maximum absolute atomic E-state index is 4.42. The molecule has 2 heterocycles. The number of aromatic nitrogens is 3. The van der Waals surface area contributed by atoms with Crippen LogP contribution in [0.2, 0.25) is 0 Å². The van der Waals surface area contributed by atoms with Crippen molar-refractivity contribution in [2.24, 2.45) is 4.99 Å². The molecule has 6 nitrogen and oxygen atoms in total. The third-order valence-corrected chi connectivity index (χ3v) is 5.13. The van der Waals surface area contributed by atoms with E-state index in [9.17, 15) is 0 Å². The molecular weight excluding hydrogens is 284 g/mol. The smallest absolute Gasteiger partial charge is 0.193 e. The lowest BCUT2D eigenvalue weighted by Gasteiger charge is -2.34. The molecule has 1 aliphatic heterocycles. The molecule has 1 atom stereocenters. The zero-order valence-corrected chi connectivity index (χ0v) is 14.1. The van der Waals surface area contributed by atoms with E-state index in [-0.39, 0.29) is 0 Å². The molecule has 1 aromatic heterocycles. The van der Waals surface area contributed by atoms with Crippen LogP contribution in [0, 0.1) is 0 Å². The molecule has 1 saturated heterocycles. The van der Waals surface area contributed by atoms with Gasteiger partial charge in [0, 0.05) is 50.7 Å². The van der Waals surface area contributed by atoms with Gasteiger partial charge in [-0.1, -0.05) is 13.8 Å². The van der Waals surface area contributed by atoms with E-state index < -0.39 is 0 Å². The zero-order chi connectivity index (χ0) is 15.1. The Hall–Kier alpha value is -1.24. The van der Waals surface area contributed by atoms with E-state index >= 15 is 0 Å². The van der Waals surface area contributed by atoms with Gasteiger partial charge in [0.25, 0.3) is 0 Å². The summed E-state index contributed by atoms with van der Waals surface area (Å²) >= 11 is 2.08. The molecule has 1 fully saturated rings. The van der Waals surface area contributed by atoms with Crippen molar-refractivity contribution in [1.29, 1.82) is 0 Å². The number of nitrogens with zero attached hydrogens (tertiary/aromatic N) is 5. The van der Waals surface area contributed by atoms with E-state index in [2.05, 4.69) is 55.6 Å². The predicted molar refractivity (Wildman–Crippen MR) is 88.9 cm³/mol. The summed E-state index contributed by atoms with van der Waals surface area (Å²) in [6.07, 6.45) is 3.93. The van der Waals surface area contributed by atoms with Gasteiger partial charge in [0.1, 0.15) is 12.2 Å². The van der Waals surface area contributed by atoms with E-state index in [4.69, 9.17) is 0 Å². The lowest BCUT2D eigenvalue weighted by Crippen LogP contribution is -2.48. The third-order valence-electron chi connectivity index (χ3n) is 3.75. The molecule has 1 N–H and O–H groups in total. The Morgan fingerprint density at radius 1 is 1.52 bits per heavy atom. The van der Waals surface area contributed by atoms with E-state index in [0.29, 0.717) is 0 Å². The van der Waals surface area contributed by atoms with Crippen LogP contribution in [0.5, 0.6) is 0 Å². The Morgan fingerprint density at radius 3 is 3.10 bits per heavy atom. The molecule has 1 aromatic rings. The first-order valence-corrected chi connectivity index (χ1v) is 8.77. The Kier molecular flexibility index (Phi) is 6.35. The van der Waals surface area contributed by atoms with Gasteiger partial charge in [-0.05, 0) is 6.42 Å². The first-order valence-electron chi connectivity index (χ1n) is 7.72. The van der Waals surface area contributed by atoms with Crippen LogP contribution < -0.4 is 5.32 Å². The Morgan fingerprint density at radius 2 is 2.38 bits per heavy atom. The second kappa shape index (κ2) is 8.26. The lowest BCUT2D eigenvalue weighted by molar-refractivity contribution is 0.406. The third kappa shape index (κ3) is 4.36. The number of aryl methyl sites for hydroxylation is 1. The van der Waals surface area contributed by atoms with Crippen molar-refractivity contribution in [3.8, 4) is 0 Å². The maximum Gasteiger partial charge on any atom is 0.193 e. The lowest BCUT2D eigenvalue weighted by atomic mass is 10.3. The Labute approximate surface area is 131 Å². The molecule has 1 unspecified atom stereocenters. The van der Waals surface area contributed by atoms with E-state index in [1.54, 1.807) is 6.33 Å². The number of nitrogens with one attached hydrogen (secondary N) is 1. The van der Waals surface area contributed by atoms with Crippen LogP contribution in [0.15, 0.2) is 11.3 Å². The monoisotopic (exact) mass is 310 g/mol. The summed E-state index contributed by atoms with van der Waals surface area (Å²) < 4.78 is 2.10. The van der Waals surface area contributed by atoms with Gasteiger partial charge in [0.05, 0.1) is 0 Å². The van der Waals surface area contributed by atoms with Gasteiger partial charge >= 0.3 is 0 Å². The number of thioether (sulfide) groups is 1. The second-order valence-corrected chi connectivity index (χ2v) is 6.52. The van der Waals surface area contributed by atoms with Crippen molar-refractivity contribution in [3.05, 3.63) is 12.2 Å². The van der Waals surface area contributed by atoms with Crippen molar-refractivity contribution in [2.75, 3.05) is 32.4 Å². The molecule has 0 spiro atoms. The van der Waals surface area contributed by atoms with Gasteiger partial charge in [-0.15, -0.1) is 10.2 Å². The summed E-state index contributed by atoms with van der Waals surface area (Å²) in [4.78, 5) is 6.80. The molecular formula is C14H26N6S. The molecule has 0 radical (unpaired) electrons. The topological polar surface area (TPSA) is 58.3 Å². The van der Waals surface area contributed by atoms with E-state index in [1.165, 1.54) is 12.2 Å². The van der Waals surface area contributed by atoms with Crippen LogP contribution in [0.4, 0.5) is 0 Å². The van der Waals surface area contributed by atoms with Crippen LogP contribution in [0.3, 0.4) is 0 Å². The van der Waals surface area contributed by atoms with Crippen LogP contribution in [0.1, 0.15) is 26.1 Å². The van der Waals surface area contributed by atoms with E-state index in [1.807, 2.05) is 7.05 Å². The highest BCUT2D eigenvalue weighted by Gasteiger charge is 2.21. The minimum atomic E-state index is 0.724. The molecule has 0 saturated carbocycles. The number of rotatable bonds is 5. The second-order valence-electron chi connectivity index (χ2n) is 5.12. The molecule has 21 heavy (non-hydrogen) atoms. The highest BCUT2D eigenvalue weighted by molar-refractivity contribution is 8.00. The quantitative estimate of drug-likeness (QED) is 0.655. The van der Waals surface area contributed by atoms with Gasteiger partial charge in [-0.25, -0.2) is 0 Å². The van der Waals surface area contributed by atoms with Gasteiger partial charge in [-0.2, -0.15) is 11.8 Å². The predicted octanol–water partition coefficient (Wildman–Crippen LogP) is 1.24. The summed E-state index contributed by atoms with van der Waals surface area (Å²) in [7, 11) is 1.86. The first kappa shape index (κ1) is 16.1. The molecule has 0 aromatic carbocycles. The zero-order valence-electron chi connectivity index (χ0n) is 13.2. The van der Waals surface area contributed by atoms with Gasteiger partial charge in [0.2, 0.25) is 0 Å². The molecule has 2 rings (SSSR count). The summed E-state index contributed by atoms with van der Waals surface area (Å²) in [6, 6.07) is 0. The first-order chi connectivity index (χ1) is 10.3. The fraction of sp³-hybridized carbons (Fsp3) is 0.786. The minimum absolute atomic E-state index is 0.724. The fourth-order valence-corrected chi connectivity index (χ4v) is 3.70. The van der Waals surface area contributed by atoms with Crippen molar-refractivity contribution in [1.82, 2.24) is 25.0 Å². The molecule has 0 bridgehead atoms. The highest BCUT2D eigenvalue weighted by atomic mass is 32.2. The standard InChI is InChI=1S/C14H26N6S/c1-4-12-10-19(8-9-21-12)14(15-3)16-6-7-20-11-17-18-13(20)5-2/h11-12H,4-10H2,1-3H3,(H,15,16). The molecule has 0 aliphatic carbocycles. The summed E-state index contributed by atoms with van der Waals surface area (Å²) in [6.45, 7) is 8.24. The van der Waals surface area contributed by atoms with Gasteiger partial charge in [-0.3, -0.25) is 4.99 Å². The maximum atomic E-state index is 4.42. The normalized spacial score (nSPS) is 19.9. The number of guanidine groups is 1.